The molecule has 13 aliphatic rings. The molecule has 4 nitrogen and oxygen atoms in total. The zero-order valence-electron chi connectivity index (χ0n) is 40.9. The van der Waals surface area contributed by atoms with Gasteiger partial charge in [-0.1, -0.05) is 89.5 Å². The molecule has 0 radical (unpaired) electrons. The highest BCUT2D eigenvalue weighted by Crippen LogP contribution is 2.67. The molecule has 5 unspecified atom stereocenters. The lowest BCUT2D eigenvalue weighted by molar-refractivity contribution is -0.187. The largest absolute Gasteiger partial charge is 0.375 e. The van der Waals surface area contributed by atoms with Gasteiger partial charge in [-0.25, -0.2) is 0 Å². The van der Waals surface area contributed by atoms with Gasteiger partial charge in [0.05, 0.1) is 48.3 Å². The first-order valence-corrected chi connectivity index (χ1v) is 24.8. The molecule has 10 bridgehead atoms. The van der Waals surface area contributed by atoms with Crippen molar-refractivity contribution in [2.45, 2.75) is 255 Å². The zero-order valence-corrected chi connectivity index (χ0v) is 40.9. The summed E-state index contributed by atoms with van der Waals surface area (Å²) < 4.78 is 23.4. The first kappa shape index (κ1) is 46.3. The molecule has 0 aromatic carbocycles. The van der Waals surface area contributed by atoms with E-state index in [0.717, 1.165) is 60.2 Å². The van der Waals surface area contributed by atoms with Crippen LogP contribution < -0.4 is 0 Å². The summed E-state index contributed by atoms with van der Waals surface area (Å²) in [4.78, 5) is 0. The van der Waals surface area contributed by atoms with Crippen LogP contribution in [-0.2, 0) is 18.9 Å². The van der Waals surface area contributed by atoms with E-state index in [1.807, 2.05) is 0 Å². The topological polar surface area (TPSA) is 36.9 Å². The van der Waals surface area contributed by atoms with Crippen LogP contribution in [0.2, 0.25) is 0 Å². The predicted octanol–water partition coefficient (Wildman–Crippen LogP) is 14.8. The fourth-order valence-corrected chi connectivity index (χ4v) is 14.3. The maximum atomic E-state index is 5.97. The normalized spacial score (nSPS) is 48.2. The minimum atomic E-state index is 0.247. The average molecular weight is 797 g/mol. The molecule has 0 spiro atoms. The first-order chi connectivity index (χ1) is 26.2. The van der Waals surface area contributed by atoms with Crippen molar-refractivity contribution in [2.75, 3.05) is 19.8 Å². The summed E-state index contributed by atoms with van der Waals surface area (Å²) >= 11 is 0. The SMILES string of the molecule is CC(C)C12CCC(C)(C1)OC2.CC(C)C12CCC(C)(CC1)OC2.CC(C)C12CCCC(C)(C1)C2.CC(C)C1CC2CCC(C)(C1)O2.CC12CC(C(C)(C)C)(CO1)C2. The van der Waals surface area contributed by atoms with Gasteiger partial charge in [0, 0.05) is 5.41 Å². The average Bonchev–Trinajstić information content (AvgIpc) is 3.90. The summed E-state index contributed by atoms with van der Waals surface area (Å²) in [7, 11) is 0. The molecule has 7 aliphatic heterocycles. The molecule has 0 N–H and O–H groups in total. The Morgan fingerprint density at radius 1 is 0.491 bits per heavy atom. The van der Waals surface area contributed by atoms with Crippen LogP contribution in [0.15, 0.2) is 0 Å². The van der Waals surface area contributed by atoms with E-state index in [2.05, 4.69) is 111 Å². The molecule has 0 amide bonds. The number of hydrogen-bond acceptors (Lipinski definition) is 4. The van der Waals surface area contributed by atoms with Crippen molar-refractivity contribution in [2.24, 2.45) is 62.1 Å². The highest BCUT2D eigenvalue weighted by molar-refractivity contribution is 5.13. The summed E-state index contributed by atoms with van der Waals surface area (Å²) in [6, 6.07) is 0. The van der Waals surface area contributed by atoms with Gasteiger partial charge in [0.25, 0.3) is 0 Å². The van der Waals surface area contributed by atoms with E-state index in [-0.39, 0.29) is 22.4 Å². The van der Waals surface area contributed by atoms with Crippen LogP contribution in [0.25, 0.3) is 0 Å². The van der Waals surface area contributed by atoms with Gasteiger partial charge in [-0.05, 0) is 194 Å². The van der Waals surface area contributed by atoms with Crippen LogP contribution in [0, 0.1) is 62.1 Å². The molecule has 7 saturated heterocycles. The lowest BCUT2D eigenvalue weighted by Gasteiger charge is -2.62. The van der Waals surface area contributed by atoms with Gasteiger partial charge in [0.1, 0.15) is 0 Å². The molecule has 6 aliphatic carbocycles. The monoisotopic (exact) mass is 797 g/mol. The lowest BCUT2D eigenvalue weighted by atomic mass is 9.43. The van der Waals surface area contributed by atoms with Crippen molar-refractivity contribution in [3.8, 4) is 0 Å². The second-order valence-electron chi connectivity index (χ2n) is 26.5. The van der Waals surface area contributed by atoms with Crippen LogP contribution in [0.4, 0.5) is 0 Å². The van der Waals surface area contributed by atoms with Crippen LogP contribution >= 0.6 is 0 Å². The standard InChI is InChI=1S/2C11H20O.C11H20.2C10H18O/c1-9(2)11-6-4-10(3,5-7-11)12-8-11;1-8(2)9-6-10-4-5-11(3,7-9)12-10;1-9(2)11-6-4-5-10(3,7-11)8-11;1-8(2,3)10-5-9(4,6-10)11-7-10;1-8(2)10-5-4-9(3,6-10)11-7-10/h9H,4-8H2,1-3H3;8-10H,4-7H2,1-3H3;9H,4-8H2,1-3H3;5-7H2,1-4H3;8H,4-7H2,1-3H3. The Hall–Kier alpha value is -0.160. The van der Waals surface area contributed by atoms with Gasteiger partial charge in [-0.2, -0.15) is 0 Å². The number of rotatable bonds is 4. The lowest BCUT2D eigenvalue weighted by Crippen LogP contribution is -2.51. The fourth-order valence-electron chi connectivity index (χ4n) is 14.3. The molecule has 4 heteroatoms. The molecular weight excluding hydrogens is 701 g/mol. The number of ether oxygens (including phenoxy) is 4. The van der Waals surface area contributed by atoms with Crippen molar-refractivity contribution in [1.29, 1.82) is 0 Å². The maximum Gasteiger partial charge on any atom is 0.0667 e. The Balaban J connectivity index is 0.000000120. The van der Waals surface area contributed by atoms with E-state index >= 15 is 0 Å². The maximum absolute atomic E-state index is 5.97. The van der Waals surface area contributed by atoms with Crippen LogP contribution in [-0.4, -0.2) is 48.3 Å². The molecule has 0 aromatic heterocycles. The van der Waals surface area contributed by atoms with Gasteiger partial charge in [0.15, 0.2) is 0 Å². The van der Waals surface area contributed by atoms with E-state index < -0.39 is 0 Å². The minimum Gasteiger partial charge on any atom is -0.375 e. The molecule has 7 heterocycles. The van der Waals surface area contributed by atoms with Crippen molar-refractivity contribution in [3.05, 3.63) is 0 Å². The van der Waals surface area contributed by atoms with Gasteiger partial charge in [-0.3, -0.25) is 0 Å². The van der Waals surface area contributed by atoms with E-state index in [1.54, 1.807) is 0 Å². The third kappa shape index (κ3) is 9.46. The Morgan fingerprint density at radius 2 is 1.02 bits per heavy atom. The van der Waals surface area contributed by atoms with E-state index in [4.69, 9.17) is 18.9 Å². The predicted molar refractivity (Wildman–Crippen MR) is 240 cm³/mol. The van der Waals surface area contributed by atoms with Gasteiger partial charge in [0.2, 0.25) is 0 Å². The molecule has 0 aromatic rings. The van der Waals surface area contributed by atoms with Gasteiger partial charge < -0.3 is 18.9 Å². The van der Waals surface area contributed by atoms with Gasteiger partial charge >= 0.3 is 0 Å². The quantitative estimate of drug-likeness (QED) is 0.284. The smallest absolute Gasteiger partial charge is 0.0667 e. The minimum absolute atomic E-state index is 0.247. The van der Waals surface area contributed by atoms with E-state index in [9.17, 15) is 0 Å². The Kier molecular flexibility index (Phi) is 12.9. The molecule has 13 fully saturated rings. The summed E-state index contributed by atoms with van der Waals surface area (Å²) in [6.45, 7) is 40.4. The van der Waals surface area contributed by atoms with Crippen molar-refractivity contribution in [3.63, 3.8) is 0 Å². The fraction of sp³-hybridized carbons (Fsp3) is 1.00. The van der Waals surface area contributed by atoms with Gasteiger partial charge in [-0.15, -0.1) is 0 Å². The van der Waals surface area contributed by atoms with E-state index in [1.165, 1.54) is 116 Å². The molecule has 5 atom stereocenters. The van der Waals surface area contributed by atoms with Crippen LogP contribution in [0.3, 0.4) is 0 Å². The van der Waals surface area contributed by atoms with Crippen molar-refractivity contribution in [1.82, 2.24) is 0 Å². The first-order valence-electron chi connectivity index (χ1n) is 24.8. The van der Waals surface area contributed by atoms with E-state index in [0.29, 0.717) is 27.8 Å². The van der Waals surface area contributed by atoms with Crippen molar-refractivity contribution >= 4 is 0 Å². The second-order valence-corrected chi connectivity index (χ2v) is 26.5. The van der Waals surface area contributed by atoms with Crippen LogP contribution in [0.5, 0.6) is 0 Å². The third-order valence-corrected chi connectivity index (χ3v) is 19.6. The number of fused-ring (bicyclic) bond motifs is 10. The van der Waals surface area contributed by atoms with Crippen LogP contribution in [0.1, 0.15) is 226 Å². The zero-order chi connectivity index (χ0) is 42.1. The molecule has 13 rings (SSSR count). The highest BCUT2D eigenvalue weighted by Gasteiger charge is 2.64. The highest BCUT2D eigenvalue weighted by atomic mass is 16.5. The Morgan fingerprint density at radius 3 is 1.35 bits per heavy atom. The molecule has 57 heavy (non-hydrogen) atoms. The third-order valence-electron chi connectivity index (χ3n) is 19.6. The number of hydrogen-bond donors (Lipinski definition) is 0. The van der Waals surface area contributed by atoms with Crippen molar-refractivity contribution < 1.29 is 18.9 Å². The molecule has 332 valence electrons. The Bertz CT molecular complexity index is 1320. The Labute approximate surface area is 354 Å². The molecule has 6 saturated carbocycles. The summed E-state index contributed by atoms with van der Waals surface area (Å²) in [5, 5.41) is 0. The second kappa shape index (κ2) is 15.9. The summed E-state index contributed by atoms with van der Waals surface area (Å²) in [5.74, 6) is 4.27. The summed E-state index contributed by atoms with van der Waals surface area (Å²) in [6.07, 6.45) is 25.2. The molecular formula is C53H96O4. The summed E-state index contributed by atoms with van der Waals surface area (Å²) in [5.41, 5.74) is 4.60.